The molecular formula is C18H26N6O. The van der Waals surface area contributed by atoms with Crippen LogP contribution in [0.5, 0.6) is 0 Å². The predicted octanol–water partition coefficient (Wildman–Crippen LogP) is 1.84. The topological polar surface area (TPSA) is 76.3 Å². The second-order valence-corrected chi connectivity index (χ2v) is 6.43. The minimum atomic E-state index is -0.167. The summed E-state index contributed by atoms with van der Waals surface area (Å²) in [5.74, 6) is 0. The molecule has 3 rings (SSSR count). The first-order valence-corrected chi connectivity index (χ1v) is 8.76. The summed E-state index contributed by atoms with van der Waals surface area (Å²) >= 11 is 0. The van der Waals surface area contributed by atoms with E-state index < -0.39 is 0 Å². The molecule has 3 N–H and O–H groups in total. The number of piperazine rings is 1. The quantitative estimate of drug-likeness (QED) is 0.700. The number of rotatable bonds is 6. The summed E-state index contributed by atoms with van der Waals surface area (Å²) in [6.45, 7) is 6.19. The highest BCUT2D eigenvalue weighted by molar-refractivity contribution is 5.89. The van der Waals surface area contributed by atoms with Crippen LogP contribution >= 0.6 is 0 Å². The zero-order valence-corrected chi connectivity index (χ0v) is 14.7. The summed E-state index contributed by atoms with van der Waals surface area (Å²) in [6.07, 6.45) is 2.67. The van der Waals surface area contributed by atoms with Gasteiger partial charge in [-0.3, -0.25) is 5.10 Å². The summed E-state index contributed by atoms with van der Waals surface area (Å²) in [5, 5.41) is 12.7. The molecule has 0 spiro atoms. The normalized spacial score (nSPS) is 15.9. The molecule has 0 radical (unpaired) electrons. The van der Waals surface area contributed by atoms with E-state index in [4.69, 9.17) is 0 Å². The third-order valence-corrected chi connectivity index (χ3v) is 4.46. The Bertz CT molecular complexity index is 664. The van der Waals surface area contributed by atoms with Crippen LogP contribution in [0, 0.1) is 0 Å². The molecular weight excluding hydrogens is 316 g/mol. The Balaban J connectivity index is 1.39. The number of aromatic nitrogens is 2. The lowest BCUT2D eigenvalue weighted by Crippen LogP contribution is -2.45. The number of aromatic amines is 1. The SMILES string of the molecule is CN1CCN(CCCNC(=O)Nc2cccc(-c3ccn[nH]3)c2)CC1. The van der Waals surface area contributed by atoms with E-state index in [2.05, 4.69) is 37.7 Å². The van der Waals surface area contributed by atoms with Gasteiger partial charge in [-0.05, 0) is 38.2 Å². The Labute approximate surface area is 148 Å². The molecule has 134 valence electrons. The van der Waals surface area contributed by atoms with Crippen LogP contribution in [0.2, 0.25) is 0 Å². The lowest BCUT2D eigenvalue weighted by Gasteiger charge is -2.32. The minimum Gasteiger partial charge on any atom is -0.338 e. The summed E-state index contributed by atoms with van der Waals surface area (Å²) in [7, 11) is 2.16. The number of carbonyl (C=O) groups is 1. The van der Waals surface area contributed by atoms with Crippen molar-refractivity contribution in [2.75, 3.05) is 51.6 Å². The molecule has 0 aliphatic carbocycles. The van der Waals surface area contributed by atoms with Crippen LogP contribution in [0.3, 0.4) is 0 Å². The second kappa shape index (κ2) is 8.64. The first kappa shape index (κ1) is 17.4. The van der Waals surface area contributed by atoms with Crippen molar-refractivity contribution >= 4 is 11.7 Å². The molecule has 7 nitrogen and oxygen atoms in total. The summed E-state index contributed by atoms with van der Waals surface area (Å²) < 4.78 is 0. The standard InChI is InChI=1S/C18H26N6O/c1-23-10-12-24(13-11-23)9-3-7-19-18(25)21-16-5-2-4-15(14-16)17-6-8-20-22-17/h2,4-6,8,14H,3,7,9-13H2,1H3,(H,20,22)(H2,19,21,25). The number of carbonyl (C=O) groups excluding carboxylic acids is 1. The lowest BCUT2D eigenvalue weighted by molar-refractivity contribution is 0.153. The molecule has 7 heteroatoms. The molecule has 1 fully saturated rings. The van der Waals surface area contributed by atoms with Crippen LogP contribution in [-0.4, -0.2) is 72.3 Å². The maximum atomic E-state index is 12.0. The van der Waals surface area contributed by atoms with Gasteiger partial charge in [0.15, 0.2) is 0 Å². The van der Waals surface area contributed by atoms with Crippen molar-refractivity contribution < 1.29 is 4.79 Å². The molecule has 1 aromatic carbocycles. The third-order valence-electron chi connectivity index (χ3n) is 4.46. The number of urea groups is 1. The molecule has 2 heterocycles. The highest BCUT2D eigenvalue weighted by atomic mass is 16.2. The van der Waals surface area contributed by atoms with Gasteiger partial charge >= 0.3 is 6.03 Å². The fraction of sp³-hybridized carbons (Fsp3) is 0.444. The lowest BCUT2D eigenvalue weighted by atomic mass is 10.1. The number of nitrogens with one attached hydrogen (secondary N) is 3. The predicted molar refractivity (Wildman–Crippen MR) is 99.6 cm³/mol. The van der Waals surface area contributed by atoms with Crippen LogP contribution in [0.25, 0.3) is 11.3 Å². The van der Waals surface area contributed by atoms with Gasteiger partial charge in [0.05, 0.1) is 5.69 Å². The van der Waals surface area contributed by atoms with Gasteiger partial charge in [-0.15, -0.1) is 0 Å². The van der Waals surface area contributed by atoms with Crippen molar-refractivity contribution in [3.8, 4) is 11.3 Å². The van der Waals surface area contributed by atoms with Crippen molar-refractivity contribution in [1.82, 2.24) is 25.3 Å². The second-order valence-electron chi connectivity index (χ2n) is 6.43. The van der Waals surface area contributed by atoms with Crippen molar-refractivity contribution in [3.63, 3.8) is 0 Å². The molecule has 0 atom stereocenters. The first-order valence-electron chi connectivity index (χ1n) is 8.76. The van der Waals surface area contributed by atoms with Crippen LogP contribution in [0.4, 0.5) is 10.5 Å². The minimum absolute atomic E-state index is 0.167. The van der Waals surface area contributed by atoms with Gasteiger partial charge in [-0.2, -0.15) is 5.10 Å². The van der Waals surface area contributed by atoms with E-state index in [0.717, 1.165) is 56.1 Å². The fourth-order valence-corrected chi connectivity index (χ4v) is 2.93. The average molecular weight is 342 g/mol. The third kappa shape index (κ3) is 5.30. The maximum Gasteiger partial charge on any atom is 0.319 e. The van der Waals surface area contributed by atoms with Crippen molar-refractivity contribution in [1.29, 1.82) is 0 Å². The highest BCUT2D eigenvalue weighted by Gasteiger charge is 2.12. The Morgan fingerprint density at radius 2 is 2.08 bits per heavy atom. The number of benzene rings is 1. The van der Waals surface area contributed by atoms with Crippen molar-refractivity contribution in [2.24, 2.45) is 0 Å². The van der Waals surface area contributed by atoms with Gasteiger partial charge in [0, 0.05) is 50.2 Å². The maximum absolute atomic E-state index is 12.0. The zero-order valence-electron chi connectivity index (χ0n) is 14.7. The van der Waals surface area contributed by atoms with Crippen LogP contribution in [0.15, 0.2) is 36.5 Å². The number of anilines is 1. The zero-order chi connectivity index (χ0) is 17.5. The van der Waals surface area contributed by atoms with Crippen LogP contribution in [-0.2, 0) is 0 Å². The summed E-state index contributed by atoms with van der Waals surface area (Å²) in [6, 6.07) is 9.43. The van der Waals surface area contributed by atoms with Gasteiger partial charge < -0.3 is 20.4 Å². The number of hydrogen-bond donors (Lipinski definition) is 3. The molecule has 0 saturated carbocycles. The number of amides is 2. The molecule has 1 aliphatic heterocycles. The molecule has 0 unspecified atom stereocenters. The Morgan fingerprint density at radius 3 is 2.84 bits per heavy atom. The van der Waals surface area contributed by atoms with E-state index in [-0.39, 0.29) is 6.03 Å². The largest absolute Gasteiger partial charge is 0.338 e. The fourth-order valence-electron chi connectivity index (χ4n) is 2.93. The van der Waals surface area contributed by atoms with E-state index in [1.165, 1.54) is 0 Å². The van der Waals surface area contributed by atoms with Crippen LogP contribution < -0.4 is 10.6 Å². The highest BCUT2D eigenvalue weighted by Crippen LogP contribution is 2.20. The molecule has 1 aromatic heterocycles. The van der Waals surface area contributed by atoms with Gasteiger partial charge in [-0.25, -0.2) is 4.79 Å². The average Bonchev–Trinajstić information content (AvgIpc) is 3.15. The number of nitrogens with zero attached hydrogens (tertiary/aromatic N) is 3. The number of likely N-dealkylation sites (N-methyl/N-ethyl adjacent to an activating group) is 1. The van der Waals surface area contributed by atoms with E-state index >= 15 is 0 Å². The smallest absolute Gasteiger partial charge is 0.319 e. The molecule has 2 amide bonds. The van der Waals surface area contributed by atoms with Gasteiger partial charge in [-0.1, -0.05) is 12.1 Å². The molecule has 1 aliphatic rings. The Morgan fingerprint density at radius 1 is 1.24 bits per heavy atom. The number of hydrogen-bond acceptors (Lipinski definition) is 4. The van der Waals surface area contributed by atoms with Gasteiger partial charge in [0.1, 0.15) is 0 Å². The van der Waals surface area contributed by atoms with Crippen molar-refractivity contribution in [3.05, 3.63) is 36.5 Å². The molecule has 2 aromatic rings. The van der Waals surface area contributed by atoms with Crippen LogP contribution in [0.1, 0.15) is 6.42 Å². The molecule has 0 bridgehead atoms. The summed E-state index contributed by atoms with van der Waals surface area (Å²) in [4.78, 5) is 16.8. The van der Waals surface area contributed by atoms with E-state index in [1.54, 1.807) is 6.20 Å². The Hall–Kier alpha value is -2.38. The summed E-state index contributed by atoms with van der Waals surface area (Å²) in [5.41, 5.74) is 2.69. The van der Waals surface area contributed by atoms with E-state index in [1.807, 2.05) is 30.3 Å². The number of H-pyrrole nitrogens is 1. The van der Waals surface area contributed by atoms with Gasteiger partial charge in [0.25, 0.3) is 0 Å². The van der Waals surface area contributed by atoms with Crippen molar-refractivity contribution in [2.45, 2.75) is 6.42 Å². The van der Waals surface area contributed by atoms with E-state index in [9.17, 15) is 4.79 Å². The van der Waals surface area contributed by atoms with Gasteiger partial charge in [0.2, 0.25) is 0 Å². The Kier molecular flexibility index (Phi) is 6.03. The molecule has 25 heavy (non-hydrogen) atoms. The molecule has 1 saturated heterocycles. The monoisotopic (exact) mass is 342 g/mol. The van der Waals surface area contributed by atoms with E-state index in [0.29, 0.717) is 6.54 Å². The first-order chi connectivity index (χ1) is 12.2.